The van der Waals surface area contributed by atoms with Gasteiger partial charge in [-0.2, -0.15) is 13.2 Å². The van der Waals surface area contributed by atoms with E-state index in [2.05, 4.69) is 0 Å². The summed E-state index contributed by atoms with van der Waals surface area (Å²) in [5, 5.41) is 8.67. The minimum Gasteiger partial charge on any atom is -0.395 e. The number of alkyl halides is 3. The van der Waals surface area contributed by atoms with Crippen LogP contribution in [0.3, 0.4) is 0 Å². The number of amides is 1. The van der Waals surface area contributed by atoms with Gasteiger partial charge in [0.2, 0.25) is 5.91 Å². The molecule has 1 rings (SSSR count). The van der Waals surface area contributed by atoms with Crippen molar-refractivity contribution in [3.63, 3.8) is 0 Å². The van der Waals surface area contributed by atoms with Crippen LogP contribution in [0, 0.1) is 5.41 Å². The predicted molar refractivity (Wildman–Crippen MR) is 37.8 cm³/mol. The first-order chi connectivity index (χ1) is 5.85. The minimum atomic E-state index is -4.66. The molecule has 0 radical (unpaired) electrons. The fourth-order valence-corrected chi connectivity index (χ4v) is 1.43. The van der Waals surface area contributed by atoms with Crippen molar-refractivity contribution in [3.05, 3.63) is 0 Å². The first kappa shape index (κ1) is 10.3. The van der Waals surface area contributed by atoms with Gasteiger partial charge in [0, 0.05) is 13.6 Å². The Kier molecular flexibility index (Phi) is 2.27. The maximum absolute atomic E-state index is 12.4. The SMILES string of the molecule is CN1CCC(CO)(C(F)(F)F)C1=O. The normalized spacial score (nSPS) is 29.9. The van der Waals surface area contributed by atoms with Crippen LogP contribution in [0.1, 0.15) is 6.42 Å². The smallest absolute Gasteiger partial charge is 0.395 e. The van der Waals surface area contributed by atoms with Crippen LogP contribution in [0.25, 0.3) is 0 Å². The highest BCUT2D eigenvalue weighted by atomic mass is 19.4. The first-order valence-electron chi connectivity index (χ1n) is 3.78. The molecule has 1 unspecified atom stereocenters. The number of carbonyl (C=O) groups excluding carboxylic acids is 1. The van der Waals surface area contributed by atoms with Crippen molar-refractivity contribution in [2.45, 2.75) is 12.6 Å². The highest BCUT2D eigenvalue weighted by molar-refractivity contribution is 5.85. The van der Waals surface area contributed by atoms with Gasteiger partial charge in [0.15, 0.2) is 5.41 Å². The van der Waals surface area contributed by atoms with Gasteiger partial charge in [0.1, 0.15) is 0 Å². The fourth-order valence-electron chi connectivity index (χ4n) is 1.43. The Labute approximate surface area is 73.1 Å². The summed E-state index contributed by atoms with van der Waals surface area (Å²) in [7, 11) is 1.30. The third-order valence-electron chi connectivity index (χ3n) is 2.44. The average Bonchev–Trinajstić information content (AvgIpc) is 2.29. The second-order valence-electron chi connectivity index (χ2n) is 3.21. The molecular weight excluding hydrogens is 187 g/mol. The van der Waals surface area contributed by atoms with Crippen LogP contribution >= 0.6 is 0 Å². The van der Waals surface area contributed by atoms with Gasteiger partial charge < -0.3 is 10.0 Å². The maximum atomic E-state index is 12.4. The number of likely N-dealkylation sites (tertiary alicyclic amines) is 1. The second kappa shape index (κ2) is 2.87. The highest BCUT2D eigenvalue weighted by Crippen LogP contribution is 2.45. The molecule has 1 aliphatic rings. The van der Waals surface area contributed by atoms with E-state index < -0.39 is 24.1 Å². The van der Waals surface area contributed by atoms with Crippen molar-refractivity contribution in [3.8, 4) is 0 Å². The number of hydrogen-bond donors (Lipinski definition) is 1. The Morgan fingerprint density at radius 1 is 1.62 bits per heavy atom. The van der Waals surface area contributed by atoms with Gasteiger partial charge in [0.25, 0.3) is 0 Å². The standard InChI is InChI=1S/C7H10F3NO2/c1-11-3-2-6(4-12,5(11)13)7(8,9)10/h12H,2-4H2,1H3. The molecular formula is C7H10F3NO2. The molecule has 0 aromatic rings. The summed E-state index contributed by atoms with van der Waals surface area (Å²) >= 11 is 0. The summed E-state index contributed by atoms with van der Waals surface area (Å²) < 4.78 is 37.3. The van der Waals surface area contributed by atoms with Crippen molar-refractivity contribution in [2.75, 3.05) is 20.2 Å². The Hall–Kier alpha value is -0.780. The second-order valence-corrected chi connectivity index (χ2v) is 3.21. The molecule has 0 aromatic heterocycles. The van der Waals surface area contributed by atoms with Crippen LogP contribution in [0.2, 0.25) is 0 Å². The van der Waals surface area contributed by atoms with E-state index in [1.807, 2.05) is 0 Å². The zero-order chi connectivity index (χ0) is 10.3. The largest absolute Gasteiger partial charge is 0.405 e. The molecule has 3 nitrogen and oxygen atoms in total. The van der Waals surface area contributed by atoms with E-state index in [-0.39, 0.29) is 13.0 Å². The molecule has 0 saturated carbocycles. The third kappa shape index (κ3) is 1.29. The van der Waals surface area contributed by atoms with Crippen LogP contribution < -0.4 is 0 Å². The number of aliphatic hydroxyl groups excluding tert-OH is 1. The number of halogens is 3. The molecule has 1 N–H and O–H groups in total. The van der Waals surface area contributed by atoms with E-state index >= 15 is 0 Å². The van der Waals surface area contributed by atoms with Crippen molar-refractivity contribution < 1.29 is 23.1 Å². The van der Waals surface area contributed by atoms with E-state index in [0.717, 1.165) is 4.90 Å². The van der Waals surface area contributed by atoms with Crippen molar-refractivity contribution in [1.82, 2.24) is 4.90 Å². The number of rotatable bonds is 1. The lowest BCUT2D eigenvalue weighted by atomic mass is 9.86. The molecule has 1 amide bonds. The lowest BCUT2D eigenvalue weighted by Crippen LogP contribution is -2.47. The van der Waals surface area contributed by atoms with Crippen LogP contribution in [0.15, 0.2) is 0 Å². The van der Waals surface area contributed by atoms with Crippen LogP contribution in [-0.4, -0.2) is 42.3 Å². The Morgan fingerprint density at radius 3 is 2.31 bits per heavy atom. The summed E-state index contributed by atoms with van der Waals surface area (Å²) in [5.74, 6) is -1.04. The molecule has 0 bridgehead atoms. The Morgan fingerprint density at radius 2 is 2.15 bits per heavy atom. The molecule has 1 atom stereocenters. The summed E-state index contributed by atoms with van der Waals surface area (Å²) in [5.41, 5.74) is -2.55. The van der Waals surface area contributed by atoms with Crippen LogP contribution in [-0.2, 0) is 4.79 Å². The van der Waals surface area contributed by atoms with E-state index in [0.29, 0.717) is 0 Å². The third-order valence-corrected chi connectivity index (χ3v) is 2.44. The number of aliphatic hydroxyl groups is 1. The Balaban J connectivity index is 3.02. The fraction of sp³-hybridized carbons (Fsp3) is 0.857. The van der Waals surface area contributed by atoms with Crippen molar-refractivity contribution >= 4 is 5.91 Å². The zero-order valence-electron chi connectivity index (χ0n) is 7.06. The first-order valence-corrected chi connectivity index (χ1v) is 3.78. The van der Waals surface area contributed by atoms with E-state index in [9.17, 15) is 18.0 Å². The van der Waals surface area contributed by atoms with Gasteiger partial charge in [-0.05, 0) is 6.42 Å². The van der Waals surface area contributed by atoms with E-state index in [1.165, 1.54) is 7.05 Å². The monoisotopic (exact) mass is 197 g/mol. The van der Waals surface area contributed by atoms with Gasteiger partial charge in [-0.25, -0.2) is 0 Å². The molecule has 13 heavy (non-hydrogen) atoms. The lowest BCUT2D eigenvalue weighted by molar-refractivity contribution is -0.228. The molecule has 0 aliphatic carbocycles. The van der Waals surface area contributed by atoms with Gasteiger partial charge in [-0.3, -0.25) is 4.79 Å². The molecule has 1 aliphatic heterocycles. The topological polar surface area (TPSA) is 40.5 Å². The summed E-state index contributed by atoms with van der Waals surface area (Å²) in [4.78, 5) is 12.1. The quantitative estimate of drug-likeness (QED) is 0.660. The van der Waals surface area contributed by atoms with Gasteiger partial charge in [-0.1, -0.05) is 0 Å². The molecule has 0 spiro atoms. The highest BCUT2D eigenvalue weighted by Gasteiger charge is 2.63. The van der Waals surface area contributed by atoms with Crippen molar-refractivity contribution in [2.24, 2.45) is 5.41 Å². The number of carbonyl (C=O) groups is 1. The zero-order valence-corrected chi connectivity index (χ0v) is 7.06. The molecule has 1 heterocycles. The minimum absolute atomic E-state index is 0.0406. The van der Waals surface area contributed by atoms with Gasteiger partial charge in [0.05, 0.1) is 6.61 Å². The van der Waals surface area contributed by atoms with E-state index in [1.54, 1.807) is 0 Å². The number of nitrogens with zero attached hydrogens (tertiary/aromatic N) is 1. The summed E-state index contributed by atoms with van der Waals surface area (Å²) in [6.45, 7) is -1.13. The van der Waals surface area contributed by atoms with Crippen molar-refractivity contribution in [1.29, 1.82) is 0 Å². The van der Waals surface area contributed by atoms with Gasteiger partial charge >= 0.3 is 6.18 Å². The molecule has 6 heteroatoms. The molecule has 76 valence electrons. The Bertz CT molecular complexity index is 228. The molecule has 1 fully saturated rings. The summed E-state index contributed by atoms with van der Waals surface area (Å²) in [6, 6.07) is 0. The van der Waals surface area contributed by atoms with E-state index in [4.69, 9.17) is 5.11 Å². The predicted octanol–water partition coefficient (Wildman–Crippen LogP) is 0.390. The molecule has 0 aromatic carbocycles. The number of hydrogen-bond acceptors (Lipinski definition) is 2. The maximum Gasteiger partial charge on any atom is 0.405 e. The summed E-state index contributed by atoms with van der Waals surface area (Å²) in [6.07, 6.45) is -5.02. The van der Waals surface area contributed by atoms with Crippen LogP contribution in [0.4, 0.5) is 13.2 Å². The van der Waals surface area contributed by atoms with Crippen LogP contribution in [0.5, 0.6) is 0 Å². The lowest BCUT2D eigenvalue weighted by Gasteiger charge is -2.27. The average molecular weight is 197 g/mol. The molecule has 1 saturated heterocycles. The van der Waals surface area contributed by atoms with Gasteiger partial charge in [-0.15, -0.1) is 0 Å².